The summed E-state index contributed by atoms with van der Waals surface area (Å²) < 4.78 is 10.9. The fourth-order valence-corrected chi connectivity index (χ4v) is 3.68. The number of amides is 1. The number of carbonyl (C=O) groups excluding carboxylic acids is 1. The van der Waals surface area contributed by atoms with E-state index in [0.29, 0.717) is 18.7 Å². The summed E-state index contributed by atoms with van der Waals surface area (Å²) in [5, 5.41) is 7.31. The van der Waals surface area contributed by atoms with Crippen LogP contribution in [0.25, 0.3) is 0 Å². The van der Waals surface area contributed by atoms with Crippen LogP contribution >= 0.6 is 11.3 Å². The topological polar surface area (TPSA) is 50.8 Å². The maximum atomic E-state index is 12.5. The average molecular weight is 360 g/mol. The van der Waals surface area contributed by atoms with Gasteiger partial charge in [0.2, 0.25) is 0 Å². The minimum Gasteiger partial charge on any atom is -0.494 e. The minimum atomic E-state index is -0.0588. The van der Waals surface area contributed by atoms with Crippen LogP contribution in [0.5, 0.6) is 5.75 Å². The minimum absolute atomic E-state index is 0.0588. The van der Waals surface area contributed by atoms with Crippen LogP contribution in [0.4, 0.5) is 0 Å². The van der Waals surface area contributed by atoms with Crippen LogP contribution in [0, 0.1) is 0 Å². The summed E-state index contributed by atoms with van der Waals surface area (Å²) in [6.07, 6.45) is 0. The van der Waals surface area contributed by atoms with Gasteiger partial charge in [-0.2, -0.15) is 11.3 Å². The second kappa shape index (κ2) is 8.99. The normalized spacial score (nSPS) is 16.4. The molecule has 1 fully saturated rings. The smallest absolute Gasteiger partial charge is 0.251 e. The lowest BCUT2D eigenvalue weighted by Crippen LogP contribution is -2.43. The van der Waals surface area contributed by atoms with E-state index in [-0.39, 0.29) is 11.9 Å². The molecule has 1 atom stereocenters. The van der Waals surface area contributed by atoms with Gasteiger partial charge in [-0.3, -0.25) is 9.69 Å². The number of hydrogen-bond acceptors (Lipinski definition) is 5. The fraction of sp³-hybridized carbons (Fsp3) is 0.421. The van der Waals surface area contributed by atoms with Gasteiger partial charge in [0, 0.05) is 25.2 Å². The number of carbonyl (C=O) groups is 1. The van der Waals surface area contributed by atoms with E-state index in [2.05, 4.69) is 27.0 Å². The highest BCUT2D eigenvalue weighted by Crippen LogP contribution is 2.23. The maximum Gasteiger partial charge on any atom is 0.251 e. The van der Waals surface area contributed by atoms with Crippen molar-refractivity contribution >= 4 is 17.2 Å². The van der Waals surface area contributed by atoms with Crippen LogP contribution in [-0.2, 0) is 4.74 Å². The molecule has 3 rings (SSSR count). The van der Waals surface area contributed by atoms with Gasteiger partial charge in [-0.25, -0.2) is 0 Å². The Bertz CT molecular complexity index is 652. The van der Waals surface area contributed by atoms with Crippen LogP contribution < -0.4 is 10.1 Å². The highest BCUT2D eigenvalue weighted by atomic mass is 32.1. The summed E-state index contributed by atoms with van der Waals surface area (Å²) >= 11 is 1.68. The van der Waals surface area contributed by atoms with E-state index >= 15 is 0 Å². The van der Waals surface area contributed by atoms with Gasteiger partial charge in [0.1, 0.15) is 5.75 Å². The van der Waals surface area contributed by atoms with Crippen LogP contribution in [0.15, 0.2) is 41.1 Å². The number of ether oxygens (including phenoxy) is 2. The predicted molar refractivity (Wildman–Crippen MR) is 99.4 cm³/mol. The van der Waals surface area contributed by atoms with Gasteiger partial charge in [0.05, 0.1) is 25.9 Å². The first-order chi connectivity index (χ1) is 12.3. The molecule has 1 unspecified atom stereocenters. The van der Waals surface area contributed by atoms with Crippen molar-refractivity contribution in [3.05, 3.63) is 52.2 Å². The van der Waals surface area contributed by atoms with Gasteiger partial charge in [-0.05, 0) is 53.6 Å². The molecule has 134 valence electrons. The van der Waals surface area contributed by atoms with E-state index in [9.17, 15) is 4.79 Å². The molecule has 1 amide bonds. The third-order valence-electron chi connectivity index (χ3n) is 4.30. The first kappa shape index (κ1) is 17.9. The third kappa shape index (κ3) is 4.81. The summed E-state index contributed by atoms with van der Waals surface area (Å²) in [6, 6.07) is 9.58. The number of nitrogens with one attached hydrogen (secondary N) is 1. The van der Waals surface area contributed by atoms with Crippen molar-refractivity contribution in [2.45, 2.75) is 13.0 Å². The molecule has 1 aromatic carbocycles. The molecule has 5 nitrogen and oxygen atoms in total. The average Bonchev–Trinajstić information content (AvgIpc) is 3.18. The lowest BCUT2D eigenvalue weighted by atomic mass is 10.1. The molecule has 6 heteroatoms. The molecular weight excluding hydrogens is 336 g/mol. The summed E-state index contributed by atoms with van der Waals surface area (Å²) in [5.74, 6) is 0.722. The fourth-order valence-electron chi connectivity index (χ4n) is 2.97. The summed E-state index contributed by atoms with van der Waals surface area (Å²) in [6.45, 7) is 6.41. The van der Waals surface area contributed by atoms with Crippen molar-refractivity contribution < 1.29 is 14.3 Å². The Hall–Kier alpha value is -1.89. The van der Waals surface area contributed by atoms with Gasteiger partial charge in [0.15, 0.2) is 0 Å². The summed E-state index contributed by atoms with van der Waals surface area (Å²) in [7, 11) is 0. The molecule has 1 aliphatic rings. The second-order valence-corrected chi connectivity index (χ2v) is 6.67. The van der Waals surface area contributed by atoms with E-state index in [0.717, 1.165) is 32.1 Å². The molecule has 2 aromatic rings. The maximum absolute atomic E-state index is 12.5. The van der Waals surface area contributed by atoms with Crippen molar-refractivity contribution in [2.24, 2.45) is 0 Å². The van der Waals surface area contributed by atoms with Crippen LogP contribution in [-0.4, -0.2) is 50.3 Å². The molecule has 0 bridgehead atoms. The van der Waals surface area contributed by atoms with Crippen molar-refractivity contribution in [3.63, 3.8) is 0 Å². The molecule has 1 saturated heterocycles. The monoisotopic (exact) mass is 360 g/mol. The van der Waals surface area contributed by atoms with Gasteiger partial charge >= 0.3 is 0 Å². The quantitative estimate of drug-likeness (QED) is 0.825. The van der Waals surface area contributed by atoms with E-state index in [1.807, 2.05) is 19.1 Å². The lowest BCUT2D eigenvalue weighted by Gasteiger charge is -2.34. The number of thiophene rings is 1. The SMILES string of the molecule is CCOc1ccc(C(=O)NCC(c2ccsc2)N2CCOCC2)cc1. The molecule has 0 spiro atoms. The number of hydrogen-bond donors (Lipinski definition) is 1. The van der Waals surface area contributed by atoms with Gasteiger partial charge < -0.3 is 14.8 Å². The lowest BCUT2D eigenvalue weighted by molar-refractivity contribution is 0.0163. The molecule has 1 aromatic heterocycles. The zero-order chi connectivity index (χ0) is 17.5. The zero-order valence-electron chi connectivity index (χ0n) is 14.4. The second-order valence-electron chi connectivity index (χ2n) is 5.89. The Morgan fingerprint density at radius 1 is 1.28 bits per heavy atom. The largest absolute Gasteiger partial charge is 0.494 e. The van der Waals surface area contributed by atoms with Gasteiger partial charge in [0.25, 0.3) is 5.91 Å². The Morgan fingerprint density at radius 2 is 2.04 bits per heavy atom. The number of rotatable bonds is 7. The third-order valence-corrected chi connectivity index (χ3v) is 5.00. The molecule has 0 saturated carbocycles. The van der Waals surface area contributed by atoms with Crippen LogP contribution in [0.1, 0.15) is 28.9 Å². The first-order valence-electron chi connectivity index (χ1n) is 8.63. The number of nitrogens with zero attached hydrogens (tertiary/aromatic N) is 1. The van der Waals surface area contributed by atoms with Gasteiger partial charge in [-0.1, -0.05) is 0 Å². The highest BCUT2D eigenvalue weighted by Gasteiger charge is 2.23. The standard InChI is InChI=1S/C19H24N2O3S/c1-2-24-17-5-3-15(4-6-17)19(22)20-13-18(16-7-12-25-14-16)21-8-10-23-11-9-21/h3-7,12,14,18H,2,8-11,13H2,1H3,(H,20,22). The number of morpholine rings is 1. The first-order valence-corrected chi connectivity index (χ1v) is 9.57. The van der Waals surface area contributed by atoms with Gasteiger partial charge in [-0.15, -0.1) is 0 Å². The molecule has 25 heavy (non-hydrogen) atoms. The van der Waals surface area contributed by atoms with E-state index in [4.69, 9.17) is 9.47 Å². The van der Waals surface area contributed by atoms with Crippen molar-refractivity contribution in [1.29, 1.82) is 0 Å². The molecule has 1 N–H and O–H groups in total. The molecule has 2 heterocycles. The Kier molecular flexibility index (Phi) is 6.44. The van der Waals surface area contributed by atoms with Crippen molar-refractivity contribution in [1.82, 2.24) is 10.2 Å². The Labute approximate surface area is 152 Å². The van der Waals surface area contributed by atoms with Crippen molar-refractivity contribution in [2.75, 3.05) is 39.5 Å². The van der Waals surface area contributed by atoms with Crippen molar-refractivity contribution in [3.8, 4) is 5.75 Å². The van der Waals surface area contributed by atoms with E-state index in [1.165, 1.54) is 5.56 Å². The van der Waals surface area contributed by atoms with E-state index in [1.54, 1.807) is 23.5 Å². The highest BCUT2D eigenvalue weighted by molar-refractivity contribution is 7.07. The molecule has 0 aliphatic carbocycles. The van der Waals surface area contributed by atoms with E-state index < -0.39 is 0 Å². The summed E-state index contributed by atoms with van der Waals surface area (Å²) in [5.41, 5.74) is 1.90. The Morgan fingerprint density at radius 3 is 2.68 bits per heavy atom. The zero-order valence-corrected chi connectivity index (χ0v) is 15.3. The molecular formula is C19H24N2O3S. The Balaban J connectivity index is 1.62. The number of benzene rings is 1. The van der Waals surface area contributed by atoms with Crippen LogP contribution in [0.3, 0.4) is 0 Å². The van der Waals surface area contributed by atoms with Crippen LogP contribution in [0.2, 0.25) is 0 Å². The molecule has 1 aliphatic heterocycles. The summed E-state index contributed by atoms with van der Waals surface area (Å²) in [4.78, 5) is 14.9. The predicted octanol–water partition coefficient (Wildman–Crippen LogP) is 2.95. The molecule has 0 radical (unpaired) electrons.